The maximum Gasteiger partial charge on any atom is 0.0756 e. The Morgan fingerprint density at radius 1 is 1.65 bits per heavy atom. The zero-order valence-electron chi connectivity index (χ0n) is 10.7. The molecule has 1 N–H and O–H groups in total. The fourth-order valence-electron chi connectivity index (χ4n) is 2.42. The standard InChI is InChI=1S/C12H22N4O/c1-3-6-13-12(10-5-4-7-17-9-10)11-8-14-15-16(11)2/h8,10,12-13H,3-7,9H2,1-2H3. The molecular formula is C12H22N4O. The molecule has 17 heavy (non-hydrogen) atoms. The molecular weight excluding hydrogens is 216 g/mol. The van der Waals surface area contributed by atoms with Crippen LogP contribution in [0.3, 0.4) is 0 Å². The molecule has 1 aliphatic rings. The topological polar surface area (TPSA) is 52.0 Å². The molecule has 96 valence electrons. The van der Waals surface area contributed by atoms with E-state index in [0.29, 0.717) is 12.0 Å². The lowest BCUT2D eigenvalue weighted by Crippen LogP contribution is -2.35. The van der Waals surface area contributed by atoms with Crippen molar-refractivity contribution in [2.75, 3.05) is 19.8 Å². The van der Waals surface area contributed by atoms with Crippen molar-refractivity contribution in [1.29, 1.82) is 0 Å². The molecule has 1 aromatic rings. The Morgan fingerprint density at radius 2 is 2.53 bits per heavy atom. The van der Waals surface area contributed by atoms with Crippen LogP contribution in [-0.2, 0) is 11.8 Å². The van der Waals surface area contributed by atoms with E-state index in [1.54, 1.807) is 0 Å². The van der Waals surface area contributed by atoms with Crippen molar-refractivity contribution < 1.29 is 4.74 Å². The Labute approximate surface area is 103 Å². The van der Waals surface area contributed by atoms with Crippen LogP contribution in [-0.4, -0.2) is 34.8 Å². The highest BCUT2D eigenvalue weighted by Gasteiger charge is 2.27. The molecule has 2 heterocycles. The molecule has 0 aromatic carbocycles. The SMILES string of the molecule is CCCNC(c1cnnn1C)C1CCCOC1. The molecule has 1 aromatic heterocycles. The molecule has 1 aliphatic heterocycles. The van der Waals surface area contributed by atoms with Gasteiger partial charge in [-0.15, -0.1) is 5.10 Å². The van der Waals surface area contributed by atoms with Gasteiger partial charge in [0.05, 0.1) is 24.5 Å². The number of aromatic nitrogens is 3. The number of aryl methyl sites for hydroxylation is 1. The molecule has 5 nitrogen and oxygen atoms in total. The second-order valence-electron chi connectivity index (χ2n) is 4.69. The van der Waals surface area contributed by atoms with E-state index in [2.05, 4.69) is 22.6 Å². The summed E-state index contributed by atoms with van der Waals surface area (Å²) >= 11 is 0. The van der Waals surface area contributed by atoms with Crippen molar-refractivity contribution in [3.63, 3.8) is 0 Å². The maximum atomic E-state index is 5.59. The number of nitrogens with zero attached hydrogens (tertiary/aromatic N) is 3. The molecule has 2 atom stereocenters. The van der Waals surface area contributed by atoms with Gasteiger partial charge in [0, 0.05) is 19.6 Å². The Bertz CT molecular complexity index is 333. The molecule has 1 fully saturated rings. The maximum absolute atomic E-state index is 5.59. The Kier molecular flexibility index (Phi) is 4.50. The average Bonchev–Trinajstić information content (AvgIpc) is 2.78. The predicted octanol–water partition coefficient (Wildman–Crippen LogP) is 1.28. The van der Waals surface area contributed by atoms with Gasteiger partial charge in [-0.2, -0.15) is 0 Å². The monoisotopic (exact) mass is 238 g/mol. The summed E-state index contributed by atoms with van der Waals surface area (Å²) in [4.78, 5) is 0. The van der Waals surface area contributed by atoms with Crippen LogP contribution in [0.2, 0.25) is 0 Å². The second-order valence-corrected chi connectivity index (χ2v) is 4.69. The molecule has 0 spiro atoms. The van der Waals surface area contributed by atoms with Crippen molar-refractivity contribution in [3.05, 3.63) is 11.9 Å². The van der Waals surface area contributed by atoms with Crippen LogP contribution in [0.4, 0.5) is 0 Å². The average molecular weight is 238 g/mol. The van der Waals surface area contributed by atoms with Crippen LogP contribution in [0.15, 0.2) is 6.20 Å². The normalized spacial score (nSPS) is 22.6. The summed E-state index contributed by atoms with van der Waals surface area (Å²) < 4.78 is 7.45. The Hall–Kier alpha value is -0.940. The van der Waals surface area contributed by atoms with Crippen molar-refractivity contribution >= 4 is 0 Å². The quantitative estimate of drug-likeness (QED) is 0.839. The number of hydrogen-bond acceptors (Lipinski definition) is 4. The van der Waals surface area contributed by atoms with Crippen LogP contribution < -0.4 is 5.32 Å². The minimum absolute atomic E-state index is 0.315. The third-order valence-electron chi connectivity index (χ3n) is 3.35. The van der Waals surface area contributed by atoms with Gasteiger partial charge < -0.3 is 10.1 Å². The summed E-state index contributed by atoms with van der Waals surface area (Å²) in [7, 11) is 1.95. The fraction of sp³-hybridized carbons (Fsp3) is 0.833. The van der Waals surface area contributed by atoms with E-state index >= 15 is 0 Å². The van der Waals surface area contributed by atoms with E-state index in [1.165, 1.54) is 6.42 Å². The summed E-state index contributed by atoms with van der Waals surface area (Å²) in [5.74, 6) is 0.535. The van der Waals surface area contributed by atoms with Crippen molar-refractivity contribution in [2.45, 2.75) is 32.2 Å². The highest BCUT2D eigenvalue weighted by molar-refractivity contribution is 5.04. The lowest BCUT2D eigenvalue weighted by molar-refractivity contribution is 0.0378. The Balaban J connectivity index is 2.09. The van der Waals surface area contributed by atoms with Gasteiger partial charge in [-0.25, -0.2) is 0 Å². The lowest BCUT2D eigenvalue weighted by atomic mass is 9.91. The van der Waals surface area contributed by atoms with E-state index in [1.807, 2.05) is 17.9 Å². The molecule has 0 bridgehead atoms. The molecule has 0 saturated carbocycles. The minimum atomic E-state index is 0.315. The van der Waals surface area contributed by atoms with Gasteiger partial charge in [0.2, 0.25) is 0 Å². The van der Waals surface area contributed by atoms with Gasteiger partial charge in [0.25, 0.3) is 0 Å². The van der Waals surface area contributed by atoms with Gasteiger partial charge in [0.1, 0.15) is 0 Å². The van der Waals surface area contributed by atoms with E-state index in [9.17, 15) is 0 Å². The predicted molar refractivity (Wildman–Crippen MR) is 65.6 cm³/mol. The number of hydrogen-bond donors (Lipinski definition) is 1. The number of rotatable bonds is 5. The highest BCUT2D eigenvalue weighted by Crippen LogP contribution is 2.28. The van der Waals surface area contributed by atoms with Crippen LogP contribution in [0.5, 0.6) is 0 Å². The third kappa shape index (κ3) is 3.04. The summed E-state index contributed by atoms with van der Waals surface area (Å²) in [5, 5.41) is 11.6. The van der Waals surface area contributed by atoms with Crippen LogP contribution in [0, 0.1) is 5.92 Å². The molecule has 2 unspecified atom stereocenters. The first-order valence-corrected chi connectivity index (χ1v) is 6.48. The fourth-order valence-corrected chi connectivity index (χ4v) is 2.42. The first-order valence-electron chi connectivity index (χ1n) is 6.48. The van der Waals surface area contributed by atoms with Crippen molar-refractivity contribution in [3.8, 4) is 0 Å². The zero-order valence-corrected chi connectivity index (χ0v) is 10.7. The van der Waals surface area contributed by atoms with Gasteiger partial charge in [-0.05, 0) is 25.8 Å². The van der Waals surface area contributed by atoms with E-state index in [0.717, 1.165) is 38.3 Å². The van der Waals surface area contributed by atoms with Crippen LogP contribution in [0.1, 0.15) is 37.9 Å². The number of ether oxygens (including phenoxy) is 1. The molecule has 0 aliphatic carbocycles. The first kappa shape index (κ1) is 12.5. The molecule has 0 amide bonds. The van der Waals surface area contributed by atoms with Crippen molar-refractivity contribution in [1.82, 2.24) is 20.3 Å². The Morgan fingerprint density at radius 3 is 3.12 bits per heavy atom. The van der Waals surface area contributed by atoms with Gasteiger partial charge in [-0.1, -0.05) is 12.1 Å². The summed E-state index contributed by atoms with van der Waals surface area (Å²) in [6.45, 7) is 4.95. The highest BCUT2D eigenvalue weighted by atomic mass is 16.5. The molecule has 2 rings (SSSR count). The largest absolute Gasteiger partial charge is 0.381 e. The van der Waals surface area contributed by atoms with Crippen LogP contribution in [0.25, 0.3) is 0 Å². The third-order valence-corrected chi connectivity index (χ3v) is 3.35. The smallest absolute Gasteiger partial charge is 0.0756 e. The van der Waals surface area contributed by atoms with Gasteiger partial charge in [-0.3, -0.25) is 4.68 Å². The van der Waals surface area contributed by atoms with Crippen molar-refractivity contribution in [2.24, 2.45) is 13.0 Å². The molecule has 1 saturated heterocycles. The first-order chi connectivity index (χ1) is 8.33. The van der Waals surface area contributed by atoms with Gasteiger partial charge >= 0.3 is 0 Å². The molecule has 0 radical (unpaired) electrons. The summed E-state index contributed by atoms with van der Waals surface area (Å²) in [6, 6.07) is 0.315. The summed E-state index contributed by atoms with van der Waals surface area (Å²) in [6.07, 6.45) is 5.37. The lowest BCUT2D eigenvalue weighted by Gasteiger charge is -2.30. The zero-order chi connectivity index (χ0) is 12.1. The number of nitrogens with one attached hydrogen (secondary N) is 1. The second kappa shape index (κ2) is 6.12. The van der Waals surface area contributed by atoms with Gasteiger partial charge in [0.15, 0.2) is 0 Å². The van der Waals surface area contributed by atoms with Crippen LogP contribution >= 0.6 is 0 Å². The van der Waals surface area contributed by atoms with E-state index in [-0.39, 0.29) is 0 Å². The van der Waals surface area contributed by atoms with E-state index < -0.39 is 0 Å². The minimum Gasteiger partial charge on any atom is -0.381 e. The van der Waals surface area contributed by atoms with E-state index in [4.69, 9.17) is 4.74 Å². The molecule has 5 heteroatoms. The summed E-state index contributed by atoms with van der Waals surface area (Å²) in [5.41, 5.74) is 1.16.